The van der Waals surface area contributed by atoms with Crippen LogP contribution in [0.2, 0.25) is 0 Å². The molecule has 0 radical (unpaired) electrons. The maximum absolute atomic E-state index is 12.7. The Morgan fingerprint density at radius 2 is 1.81 bits per heavy atom. The van der Waals surface area contributed by atoms with E-state index < -0.39 is 5.91 Å². The van der Waals surface area contributed by atoms with Crippen molar-refractivity contribution in [2.45, 2.75) is 16.8 Å². The minimum absolute atomic E-state index is 0.297. The maximum Gasteiger partial charge on any atom is 0.258 e. The lowest BCUT2D eigenvalue weighted by molar-refractivity contribution is 0.0995. The SMILES string of the molecule is Cc1ccc(Sc2ncccc2C(=O)Nc2cccc(C(N)=O)c2)cc1. The Balaban J connectivity index is 1.82. The van der Waals surface area contributed by atoms with E-state index >= 15 is 0 Å². The normalized spacial score (nSPS) is 10.3. The van der Waals surface area contributed by atoms with Gasteiger partial charge in [-0.25, -0.2) is 4.98 Å². The lowest BCUT2D eigenvalue weighted by Gasteiger charge is -2.10. The number of aromatic nitrogens is 1. The zero-order valence-electron chi connectivity index (χ0n) is 14.1. The van der Waals surface area contributed by atoms with Crippen LogP contribution in [0.3, 0.4) is 0 Å². The second kappa shape index (κ2) is 7.84. The third-order valence-electron chi connectivity index (χ3n) is 3.66. The molecule has 0 aliphatic heterocycles. The third kappa shape index (κ3) is 4.29. The number of hydrogen-bond donors (Lipinski definition) is 2. The zero-order chi connectivity index (χ0) is 18.5. The van der Waals surface area contributed by atoms with Crippen molar-refractivity contribution in [1.29, 1.82) is 0 Å². The number of nitrogens with one attached hydrogen (secondary N) is 1. The molecule has 0 bridgehead atoms. The summed E-state index contributed by atoms with van der Waals surface area (Å²) in [5, 5.41) is 3.40. The summed E-state index contributed by atoms with van der Waals surface area (Å²) >= 11 is 1.42. The van der Waals surface area contributed by atoms with Gasteiger partial charge in [-0.15, -0.1) is 0 Å². The highest BCUT2D eigenvalue weighted by Crippen LogP contribution is 2.29. The topological polar surface area (TPSA) is 85.1 Å². The van der Waals surface area contributed by atoms with E-state index in [2.05, 4.69) is 10.3 Å². The molecule has 3 rings (SSSR count). The molecule has 2 amide bonds. The first-order chi connectivity index (χ1) is 12.5. The van der Waals surface area contributed by atoms with E-state index in [1.165, 1.54) is 17.3 Å². The molecule has 3 aromatic rings. The maximum atomic E-state index is 12.7. The summed E-state index contributed by atoms with van der Waals surface area (Å²) in [6.45, 7) is 2.02. The van der Waals surface area contributed by atoms with E-state index in [1.54, 1.807) is 42.6 Å². The van der Waals surface area contributed by atoms with Gasteiger partial charge in [0.15, 0.2) is 0 Å². The molecule has 0 atom stereocenters. The van der Waals surface area contributed by atoms with Crippen LogP contribution in [0.1, 0.15) is 26.3 Å². The summed E-state index contributed by atoms with van der Waals surface area (Å²) in [5.41, 5.74) is 7.75. The third-order valence-corrected chi connectivity index (χ3v) is 4.68. The highest BCUT2D eigenvalue weighted by atomic mass is 32.2. The largest absolute Gasteiger partial charge is 0.366 e. The van der Waals surface area contributed by atoms with Crippen molar-refractivity contribution < 1.29 is 9.59 Å². The van der Waals surface area contributed by atoms with Crippen molar-refractivity contribution in [2.75, 3.05) is 5.32 Å². The molecule has 26 heavy (non-hydrogen) atoms. The van der Waals surface area contributed by atoms with Gasteiger partial charge in [-0.1, -0.05) is 35.5 Å². The molecule has 0 saturated heterocycles. The Hall–Kier alpha value is -3.12. The Kier molecular flexibility index (Phi) is 5.34. The smallest absolute Gasteiger partial charge is 0.258 e. The second-order valence-corrected chi connectivity index (χ2v) is 6.73. The molecule has 0 aliphatic rings. The molecule has 2 aromatic carbocycles. The van der Waals surface area contributed by atoms with Crippen molar-refractivity contribution >= 4 is 29.3 Å². The van der Waals surface area contributed by atoms with Crippen LogP contribution >= 0.6 is 11.8 Å². The van der Waals surface area contributed by atoms with Gasteiger partial charge in [0, 0.05) is 22.3 Å². The number of anilines is 1. The van der Waals surface area contributed by atoms with Gasteiger partial charge in [0.05, 0.1) is 5.56 Å². The van der Waals surface area contributed by atoms with E-state index in [9.17, 15) is 9.59 Å². The average molecular weight is 363 g/mol. The summed E-state index contributed by atoms with van der Waals surface area (Å²) in [6, 6.07) is 18.0. The van der Waals surface area contributed by atoms with Gasteiger partial charge in [0.1, 0.15) is 5.03 Å². The fourth-order valence-corrected chi connectivity index (χ4v) is 3.19. The second-order valence-electron chi connectivity index (χ2n) is 5.67. The number of rotatable bonds is 5. The predicted molar refractivity (Wildman–Crippen MR) is 102 cm³/mol. The van der Waals surface area contributed by atoms with Crippen molar-refractivity contribution in [2.24, 2.45) is 5.73 Å². The van der Waals surface area contributed by atoms with Crippen molar-refractivity contribution in [3.05, 3.63) is 83.6 Å². The standard InChI is InChI=1S/C20H17N3O2S/c1-13-7-9-16(10-8-13)26-20-17(6-3-11-22-20)19(25)23-15-5-2-4-14(12-15)18(21)24/h2-12H,1H3,(H2,21,24)(H,23,25). The lowest BCUT2D eigenvalue weighted by atomic mass is 10.2. The van der Waals surface area contributed by atoms with Crippen LogP contribution in [-0.2, 0) is 0 Å². The van der Waals surface area contributed by atoms with E-state index in [1.807, 2.05) is 31.2 Å². The average Bonchev–Trinajstić information content (AvgIpc) is 2.64. The number of carbonyl (C=O) groups excluding carboxylic acids is 2. The molecule has 0 spiro atoms. The molecule has 3 N–H and O–H groups in total. The Morgan fingerprint density at radius 1 is 1.04 bits per heavy atom. The first-order valence-corrected chi connectivity index (χ1v) is 8.75. The van der Waals surface area contributed by atoms with Crippen LogP contribution in [0, 0.1) is 6.92 Å². The molecular formula is C20H17N3O2S. The number of nitrogens with two attached hydrogens (primary N) is 1. The van der Waals surface area contributed by atoms with Gasteiger partial charge in [-0.2, -0.15) is 0 Å². The number of aryl methyl sites for hydroxylation is 1. The van der Waals surface area contributed by atoms with Gasteiger partial charge in [-0.3, -0.25) is 9.59 Å². The number of carbonyl (C=O) groups is 2. The number of amides is 2. The minimum Gasteiger partial charge on any atom is -0.366 e. The summed E-state index contributed by atoms with van der Waals surface area (Å²) in [7, 11) is 0. The molecule has 0 aliphatic carbocycles. The fraction of sp³-hybridized carbons (Fsp3) is 0.0500. The number of nitrogens with zero attached hydrogens (tertiary/aromatic N) is 1. The van der Waals surface area contributed by atoms with Gasteiger partial charge >= 0.3 is 0 Å². The van der Waals surface area contributed by atoms with E-state index in [-0.39, 0.29) is 5.91 Å². The molecule has 0 saturated carbocycles. The first-order valence-electron chi connectivity index (χ1n) is 7.94. The summed E-state index contributed by atoms with van der Waals surface area (Å²) in [6.07, 6.45) is 1.65. The highest BCUT2D eigenvalue weighted by molar-refractivity contribution is 7.99. The molecule has 130 valence electrons. The Bertz CT molecular complexity index is 955. The van der Waals surface area contributed by atoms with Crippen molar-refractivity contribution in [3.8, 4) is 0 Å². The number of benzene rings is 2. The lowest BCUT2D eigenvalue weighted by Crippen LogP contribution is -2.15. The van der Waals surface area contributed by atoms with Gasteiger partial charge in [0.2, 0.25) is 5.91 Å². The van der Waals surface area contributed by atoms with Crippen LogP contribution in [0.25, 0.3) is 0 Å². The summed E-state index contributed by atoms with van der Waals surface area (Å²) in [5.74, 6) is -0.840. The molecule has 1 aromatic heterocycles. The van der Waals surface area contributed by atoms with Crippen LogP contribution in [0.15, 0.2) is 76.8 Å². The molecule has 0 fully saturated rings. The predicted octanol–water partition coefficient (Wildman–Crippen LogP) is 3.89. The van der Waals surface area contributed by atoms with E-state index in [0.717, 1.165) is 4.90 Å². The molecule has 1 heterocycles. The Morgan fingerprint density at radius 3 is 2.54 bits per heavy atom. The Labute approximate surface area is 155 Å². The molecule has 6 heteroatoms. The molecule has 5 nitrogen and oxygen atoms in total. The number of primary amides is 1. The van der Waals surface area contributed by atoms with Crippen LogP contribution in [-0.4, -0.2) is 16.8 Å². The van der Waals surface area contributed by atoms with Crippen molar-refractivity contribution in [3.63, 3.8) is 0 Å². The molecule has 0 unspecified atom stereocenters. The van der Waals surface area contributed by atoms with Crippen molar-refractivity contribution in [1.82, 2.24) is 4.98 Å². The first kappa shape index (κ1) is 17.7. The van der Waals surface area contributed by atoms with E-state index in [4.69, 9.17) is 5.73 Å². The monoisotopic (exact) mass is 363 g/mol. The zero-order valence-corrected chi connectivity index (χ0v) is 14.9. The fourth-order valence-electron chi connectivity index (χ4n) is 2.31. The van der Waals surface area contributed by atoms with E-state index in [0.29, 0.717) is 21.8 Å². The summed E-state index contributed by atoms with van der Waals surface area (Å²) in [4.78, 5) is 29.3. The number of hydrogen-bond acceptors (Lipinski definition) is 4. The van der Waals surface area contributed by atoms with Gasteiger partial charge < -0.3 is 11.1 Å². The highest BCUT2D eigenvalue weighted by Gasteiger charge is 2.14. The quantitative estimate of drug-likeness (QED) is 0.720. The van der Waals surface area contributed by atoms with Gasteiger partial charge in [-0.05, 0) is 49.4 Å². The number of pyridine rings is 1. The van der Waals surface area contributed by atoms with Gasteiger partial charge in [0.25, 0.3) is 5.91 Å². The van der Waals surface area contributed by atoms with Crippen LogP contribution in [0.4, 0.5) is 5.69 Å². The van der Waals surface area contributed by atoms with Crippen LogP contribution in [0.5, 0.6) is 0 Å². The summed E-state index contributed by atoms with van der Waals surface area (Å²) < 4.78 is 0. The molecular weight excluding hydrogens is 346 g/mol. The minimum atomic E-state index is -0.543. The van der Waals surface area contributed by atoms with Crippen LogP contribution < -0.4 is 11.1 Å².